The standard InChI is InChI=1S/C25H36N2O4/c1-4-8-21(28)15-12-19-10-13-20(14-11-19)26-23(29)9-6-5-7-16-27-24(30)17-22(18(2)3)25(27)31/h10-11,13-14,18,22H,4-9,12,15-17H2,1-3H3,(H,26,29). The van der Waals surface area contributed by atoms with Crippen LogP contribution in [-0.4, -0.2) is 34.9 Å². The molecular formula is C25H36N2O4. The van der Waals surface area contributed by atoms with Crippen LogP contribution in [0, 0.1) is 11.8 Å². The van der Waals surface area contributed by atoms with E-state index < -0.39 is 0 Å². The largest absolute Gasteiger partial charge is 0.326 e. The Morgan fingerprint density at radius 2 is 1.74 bits per heavy atom. The summed E-state index contributed by atoms with van der Waals surface area (Å²) in [6.45, 7) is 6.40. The molecule has 0 aromatic heterocycles. The van der Waals surface area contributed by atoms with Crippen LogP contribution in [-0.2, 0) is 25.6 Å². The van der Waals surface area contributed by atoms with Crippen LogP contribution in [0.15, 0.2) is 24.3 Å². The molecule has 0 saturated carbocycles. The van der Waals surface area contributed by atoms with Gasteiger partial charge in [-0.15, -0.1) is 0 Å². The maximum absolute atomic E-state index is 12.3. The molecule has 1 aromatic carbocycles. The summed E-state index contributed by atoms with van der Waals surface area (Å²) in [5.74, 6) is 0.136. The molecule has 3 amide bonds. The number of amides is 3. The first-order valence-electron chi connectivity index (χ1n) is 11.6. The van der Waals surface area contributed by atoms with Gasteiger partial charge < -0.3 is 5.32 Å². The van der Waals surface area contributed by atoms with E-state index >= 15 is 0 Å². The van der Waals surface area contributed by atoms with Crippen molar-refractivity contribution >= 4 is 29.2 Å². The third kappa shape index (κ3) is 7.93. The molecule has 31 heavy (non-hydrogen) atoms. The van der Waals surface area contributed by atoms with Crippen molar-refractivity contribution in [2.24, 2.45) is 11.8 Å². The normalized spacial score (nSPS) is 16.3. The number of likely N-dealkylation sites (tertiary alicyclic amines) is 1. The van der Waals surface area contributed by atoms with Crippen molar-refractivity contribution < 1.29 is 19.2 Å². The molecule has 1 N–H and O–H groups in total. The Balaban J connectivity index is 1.63. The third-order valence-corrected chi connectivity index (χ3v) is 5.83. The van der Waals surface area contributed by atoms with E-state index in [0.717, 1.165) is 36.9 Å². The molecule has 1 fully saturated rings. The lowest BCUT2D eigenvalue weighted by Crippen LogP contribution is -2.32. The van der Waals surface area contributed by atoms with Crippen LogP contribution in [0.4, 0.5) is 5.69 Å². The minimum absolute atomic E-state index is 0.0425. The van der Waals surface area contributed by atoms with Gasteiger partial charge in [0.25, 0.3) is 0 Å². The maximum atomic E-state index is 12.3. The molecule has 0 bridgehead atoms. The molecule has 1 aromatic rings. The second-order valence-electron chi connectivity index (χ2n) is 8.78. The third-order valence-electron chi connectivity index (χ3n) is 5.83. The highest BCUT2D eigenvalue weighted by Gasteiger charge is 2.39. The molecule has 170 valence electrons. The average molecular weight is 429 g/mol. The van der Waals surface area contributed by atoms with Crippen molar-refractivity contribution in [3.63, 3.8) is 0 Å². The number of imide groups is 1. The number of benzene rings is 1. The lowest BCUT2D eigenvalue weighted by atomic mass is 9.94. The predicted molar refractivity (Wildman–Crippen MR) is 121 cm³/mol. The van der Waals surface area contributed by atoms with Gasteiger partial charge in [-0.05, 0) is 49.3 Å². The highest BCUT2D eigenvalue weighted by Crippen LogP contribution is 2.26. The van der Waals surface area contributed by atoms with Gasteiger partial charge in [0.1, 0.15) is 5.78 Å². The molecule has 2 rings (SSSR count). The van der Waals surface area contributed by atoms with E-state index in [1.807, 2.05) is 45.0 Å². The molecule has 6 heteroatoms. The van der Waals surface area contributed by atoms with Crippen molar-refractivity contribution in [2.45, 2.75) is 78.6 Å². The number of anilines is 1. The van der Waals surface area contributed by atoms with Gasteiger partial charge in [-0.3, -0.25) is 24.1 Å². The number of nitrogens with one attached hydrogen (secondary N) is 1. The lowest BCUT2D eigenvalue weighted by molar-refractivity contribution is -0.139. The molecular weight excluding hydrogens is 392 g/mol. The van der Waals surface area contributed by atoms with E-state index in [0.29, 0.717) is 38.6 Å². The molecule has 0 spiro atoms. The molecule has 1 heterocycles. The van der Waals surface area contributed by atoms with Gasteiger partial charge in [0.05, 0.1) is 0 Å². The number of carbonyl (C=O) groups excluding carboxylic acids is 4. The van der Waals surface area contributed by atoms with Crippen molar-refractivity contribution in [3.8, 4) is 0 Å². The first kappa shape index (κ1) is 24.8. The number of nitrogens with zero attached hydrogens (tertiary/aromatic N) is 1. The molecule has 0 aliphatic carbocycles. The number of hydrogen-bond donors (Lipinski definition) is 1. The number of rotatable bonds is 13. The Bertz CT molecular complexity index is 770. The molecule has 1 aliphatic heterocycles. The van der Waals surface area contributed by atoms with Crippen molar-refractivity contribution in [1.82, 2.24) is 4.90 Å². The number of ketones is 1. The Hall–Kier alpha value is -2.50. The number of carbonyl (C=O) groups is 4. The van der Waals surface area contributed by atoms with Crippen molar-refractivity contribution in [2.75, 3.05) is 11.9 Å². The summed E-state index contributed by atoms with van der Waals surface area (Å²) in [7, 11) is 0. The van der Waals surface area contributed by atoms with Gasteiger partial charge in [-0.2, -0.15) is 0 Å². The zero-order chi connectivity index (χ0) is 22.8. The number of aryl methyl sites for hydroxylation is 1. The van der Waals surface area contributed by atoms with Gasteiger partial charge in [0.2, 0.25) is 17.7 Å². The summed E-state index contributed by atoms with van der Waals surface area (Å²) >= 11 is 0. The highest BCUT2D eigenvalue weighted by molar-refractivity contribution is 6.03. The van der Waals surface area contributed by atoms with Crippen LogP contribution in [0.5, 0.6) is 0 Å². The predicted octanol–water partition coefficient (Wildman–Crippen LogP) is 4.52. The van der Waals surface area contributed by atoms with Gasteiger partial charge >= 0.3 is 0 Å². The Morgan fingerprint density at radius 1 is 1.03 bits per heavy atom. The molecule has 1 atom stereocenters. The summed E-state index contributed by atoms with van der Waals surface area (Å²) in [4.78, 5) is 49.5. The SMILES string of the molecule is CCCC(=O)CCc1ccc(NC(=O)CCCCCN2C(=O)CC(C(C)C)C2=O)cc1. The monoisotopic (exact) mass is 428 g/mol. The number of unbranched alkanes of at least 4 members (excludes halogenated alkanes) is 2. The van der Waals surface area contributed by atoms with E-state index in [1.165, 1.54) is 4.90 Å². The summed E-state index contributed by atoms with van der Waals surface area (Å²) in [6.07, 6.45) is 5.78. The molecule has 1 saturated heterocycles. The van der Waals surface area contributed by atoms with Gasteiger partial charge in [0.15, 0.2) is 0 Å². The summed E-state index contributed by atoms with van der Waals surface area (Å²) in [5, 5.41) is 2.89. The first-order chi connectivity index (χ1) is 14.8. The van der Waals surface area contributed by atoms with Crippen LogP contribution in [0.2, 0.25) is 0 Å². The van der Waals surface area contributed by atoms with E-state index in [1.54, 1.807) is 0 Å². The Morgan fingerprint density at radius 3 is 2.35 bits per heavy atom. The van der Waals surface area contributed by atoms with E-state index in [9.17, 15) is 19.2 Å². The van der Waals surface area contributed by atoms with E-state index in [2.05, 4.69) is 5.32 Å². The van der Waals surface area contributed by atoms with Crippen LogP contribution >= 0.6 is 0 Å². The van der Waals surface area contributed by atoms with Gasteiger partial charge in [0, 0.05) is 43.8 Å². The highest BCUT2D eigenvalue weighted by atomic mass is 16.2. The number of Topliss-reactive ketones (excluding diaryl/α,β-unsaturated/α-hetero) is 1. The first-order valence-corrected chi connectivity index (χ1v) is 11.6. The van der Waals surface area contributed by atoms with Crippen molar-refractivity contribution in [3.05, 3.63) is 29.8 Å². The second kappa shape index (κ2) is 12.4. The minimum Gasteiger partial charge on any atom is -0.326 e. The molecule has 1 unspecified atom stereocenters. The zero-order valence-electron chi connectivity index (χ0n) is 19.1. The fraction of sp³-hybridized carbons (Fsp3) is 0.600. The van der Waals surface area contributed by atoms with E-state index in [4.69, 9.17) is 0 Å². The molecule has 1 aliphatic rings. The quantitative estimate of drug-likeness (QED) is 0.370. The van der Waals surface area contributed by atoms with Crippen molar-refractivity contribution in [1.29, 1.82) is 0 Å². The fourth-order valence-corrected chi connectivity index (χ4v) is 3.86. The van der Waals surface area contributed by atoms with Crippen LogP contribution in [0.3, 0.4) is 0 Å². The summed E-state index contributed by atoms with van der Waals surface area (Å²) in [5.41, 5.74) is 1.84. The lowest BCUT2D eigenvalue weighted by Gasteiger charge is -2.16. The maximum Gasteiger partial charge on any atom is 0.233 e. The van der Waals surface area contributed by atoms with E-state index in [-0.39, 0.29) is 35.3 Å². The topological polar surface area (TPSA) is 83.6 Å². The summed E-state index contributed by atoms with van der Waals surface area (Å²) in [6, 6.07) is 7.63. The molecule has 6 nitrogen and oxygen atoms in total. The van der Waals surface area contributed by atoms with Gasteiger partial charge in [-0.25, -0.2) is 0 Å². The Labute approximate surface area is 185 Å². The Kier molecular flexibility index (Phi) is 9.89. The van der Waals surface area contributed by atoms with Crippen LogP contribution < -0.4 is 5.32 Å². The average Bonchev–Trinajstić information content (AvgIpc) is 3.01. The second-order valence-corrected chi connectivity index (χ2v) is 8.78. The zero-order valence-corrected chi connectivity index (χ0v) is 19.1. The number of hydrogen-bond acceptors (Lipinski definition) is 4. The minimum atomic E-state index is -0.179. The smallest absolute Gasteiger partial charge is 0.233 e. The van der Waals surface area contributed by atoms with Crippen LogP contribution in [0.1, 0.15) is 77.7 Å². The molecule has 0 radical (unpaired) electrons. The van der Waals surface area contributed by atoms with Crippen LogP contribution in [0.25, 0.3) is 0 Å². The van der Waals surface area contributed by atoms with Gasteiger partial charge in [-0.1, -0.05) is 39.3 Å². The fourth-order valence-electron chi connectivity index (χ4n) is 3.86. The summed E-state index contributed by atoms with van der Waals surface area (Å²) < 4.78 is 0.